The molecule has 1 N–H and O–H groups in total. The zero-order valence-corrected chi connectivity index (χ0v) is 14.2. The van der Waals surface area contributed by atoms with Gasteiger partial charge in [-0.15, -0.1) is 0 Å². The molecule has 3 nitrogen and oxygen atoms in total. The second-order valence-corrected chi connectivity index (χ2v) is 6.96. The normalized spacial score (nSPS) is 14.9. The first kappa shape index (κ1) is 16.9. The summed E-state index contributed by atoms with van der Waals surface area (Å²) in [5.41, 5.74) is 1.12. The van der Waals surface area contributed by atoms with Crippen LogP contribution in [-0.2, 0) is 0 Å². The van der Waals surface area contributed by atoms with E-state index in [1.165, 1.54) is 6.42 Å². The fourth-order valence-corrected chi connectivity index (χ4v) is 3.24. The van der Waals surface area contributed by atoms with Crippen LogP contribution in [0.1, 0.15) is 58.8 Å². The van der Waals surface area contributed by atoms with Gasteiger partial charge in [-0.05, 0) is 26.8 Å². The summed E-state index contributed by atoms with van der Waals surface area (Å²) < 4.78 is 2.03. The summed E-state index contributed by atoms with van der Waals surface area (Å²) in [4.78, 5) is 0. The molecule has 2 unspecified atom stereocenters. The quantitative estimate of drug-likeness (QED) is 0.776. The van der Waals surface area contributed by atoms with Crippen molar-refractivity contribution in [3.05, 3.63) is 16.9 Å². The minimum absolute atomic E-state index is 0.265. The van der Waals surface area contributed by atoms with Crippen molar-refractivity contribution in [2.45, 2.75) is 58.4 Å². The third kappa shape index (κ3) is 4.69. The molecule has 1 aromatic rings. The first-order valence-corrected chi connectivity index (χ1v) is 8.51. The summed E-state index contributed by atoms with van der Waals surface area (Å²) in [5.74, 6) is 1.03. The number of halogens is 1. The Morgan fingerprint density at radius 1 is 1.37 bits per heavy atom. The zero-order chi connectivity index (χ0) is 14.4. The highest BCUT2D eigenvalue weighted by Gasteiger charge is 2.21. The van der Waals surface area contributed by atoms with E-state index in [9.17, 15) is 0 Å². The summed E-state index contributed by atoms with van der Waals surface area (Å²) in [6.07, 6.45) is 2.95. The molecule has 110 valence electrons. The molecule has 0 saturated carbocycles. The Morgan fingerprint density at radius 3 is 2.58 bits per heavy atom. The van der Waals surface area contributed by atoms with Gasteiger partial charge in [0.15, 0.2) is 0 Å². The van der Waals surface area contributed by atoms with E-state index in [1.54, 1.807) is 6.20 Å². The summed E-state index contributed by atoms with van der Waals surface area (Å²) in [7, 11) is 0. The lowest BCUT2D eigenvalue weighted by Crippen LogP contribution is -2.27. The number of hydrogen-bond acceptors (Lipinski definition) is 3. The Morgan fingerprint density at radius 2 is 2.05 bits per heavy atom. The van der Waals surface area contributed by atoms with Crippen LogP contribution in [0.4, 0.5) is 0 Å². The molecule has 0 spiro atoms. The van der Waals surface area contributed by atoms with Crippen LogP contribution < -0.4 is 5.32 Å². The topological polar surface area (TPSA) is 29.9 Å². The minimum atomic E-state index is 0.265. The SMILES string of the molecule is CCNC(CSC(C)CC)c1c(Cl)cnn1C(C)C. The van der Waals surface area contributed by atoms with Gasteiger partial charge in [0.25, 0.3) is 0 Å². The molecule has 5 heteroatoms. The van der Waals surface area contributed by atoms with Crippen LogP contribution in [0.25, 0.3) is 0 Å². The van der Waals surface area contributed by atoms with Crippen molar-refractivity contribution < 1.29 is 0 Å². The lowest BCUT2D eigenvalue weighted by molar-refractivity contribution is 0.468. The molecule has 0 fully saturated rings. The van der Waals surface area contributed by atoms with E-state index in [4.69, 9.17) is 11.6 Å². The van der Waals surface area contributed by atoms with Gasteiger partial charge in [-0.25, -0.2) is 0 Å². The molecule has 2 atom stereocenters. The molecule has 1 rings (SSSR count). The van der Waals surface area contributed by atoms with Crippen LogP contribution in [0.3, 0.4) is 0 Å². The van der Waals surface area contributed by atoms with E-state index in [0.717, 1.165) is 23.0 Å². The van der Waals surface area contributed by atoms with Gasteiger partial charge in [0.1, 0.15) is 0 Å². The molecular formula is C14H26ClN3S. The van der Waals surface area contributed by atoms with E-state index in [-0.39, 0.29) is 6.04 Å². The first-order valence-electron chi connectivity index (χ1n) is 7.09. The minimum Gasteiger partial charge on any atom is -0.308 e. The third-order valence-corrected chi connectivity index (χ3v) is 4.90. The number of nitrogens with zero attached hydrogens (tertiary/aromatic N) is 2. The molecule has 0 radical (unpaired) electrons. The van der Waals surface area contributed by atoms with Crippen LogP contribution in [0.2, 0.25) is 5.02 Å². The van der Waals surface area contributed by atoms with E-state index in [0.29, 0.717) is 11.3 Å². The molecule has 0 amide bonds. The molecule has 0 aliphatic heterocycles. The predicted octanol–water partition coefficient (Wildman–Crippen LogP) is 4.30. The largest absolute Gasteiger partial charge is 0.308 e. The van der Waals surface area contributed by atoms with Gasteiger partial charge >= 0.3 is 0 Å². The van der Waals surface area contributed by atoms with Crippen LogP contribution >= 0.6 is 23.4 Å². The number of hydrogen-bond donors (Lipinski definition) is 1. The van der Waals surface area contributed by atoms with Crippen LogP contribution in [0.15, 0.2) is 6.20 Å². The standard InChI is InChI=1S/C14H26ClN3S/c1-6-11(5)19-9-13(16-7-2)14-12(15)8-17-18(14)10(3)4/h8,10-11,13,16H,6-7,9H2,1-5H3. The monoisotopic (exact) mass is 303 g/mol. The molecule has 0 aromatic carbocycles. The van der Waals surface area contributed by atoms with E-state index >= 15 is 0 Å². The third-order valence-electron chi connectivity index (χ3n) is 3.18. The van der Waals surface area contributed by atoms with Gasteiger partial charge in [0.2, 0.25) is 0 Å². The summed E-state index contributed by atoms with van der Waals surface area (Å²) in [6.45, 7) is 11.8. The average Bonchev–Trinajstić information content (AvgIpc) is 2.76. The Hall–Kier alpha value is -0.190. The Labute approximate surface area is 126 Å². The summed E-state index contributed by atoms with van der Waals surface area (Å²) >= 11 is 8.33. The fraction of sp³-hybridized carbons (Fsp3) is 0.786. The maximum absolute atomic E-state index is 6.34. The zero-order valence-electron chi connectivity index (χ0n) is 12.6. The van der Waals surface area contributed by atoms with Gasteiger partial charge in [0.05, 0.1) is 23.0 Å². The fourth-order valence-electron chi connectivity index (χ4n) is 1.95. The molecule has 0 saturated heterocycles. The molecule has 0 bridgehead atoms. The Balaban J connectivity index is 2.88. The lowest BCUT2D eigenvalue weighted by Gasteiger charge is -2.22. The van der Waals surface area contributed by atoms with E-state index < -0.39 is 0 Å². The Bertz CT molecular complexity index is 379. The number of aromatic nitrogens is 2. The van der Waals surface area contributed by atoms with Crippen molar-refractivity contribution in [2.75, 3.05) is 12.3 Å². The highest BCUT2D eigenvalue weighted by molar-refractivity contribution is 7.99. The van der Waals surface area contributed by atoms with Gasteiger partial charge in [-0.1, -0.05) is 32.4 Å². The molecule has 0 aliphatic rings. The first-order chi connectivity index (χ1) is 9.01. The van der Waals surface area contributed by atoms with Crippen molar-refractivity contribution in [2.24, 2.45) is 0 Å². The second kappa shape index (κ2) is 8.18. The highest BCUT2D eigenvalue weighted by Crippen LogP contribution is 2.29. The van der Waals surface area contributed by atoms with Crippen molar-refractivity contribution >= 4 is 23.4 Å². The molecular weight excluding hydrogens is 278 g/mol. The van der Waals surface area contributed by atoms with Crippen molar-refractivity contribution in [1.82, 2.24) is 15.1 Å². The van der Waals surface area contributed by atoms with E-state index in [1.807, 2.05) is 16.4 Å². The smallest absolute Gasteiger partial charge is 0.0834 e. The van der Waals surface area contributed by atoms with Gasteiger partial charge in [-0.2, -0.15) is 16.9 Å². The van der Waals surface area contributed by atoms with Crippen molar-refractivity contribution in [3.8, 4) is 0 Å². The van der Waals surface area contributed by atoms with E-state index in [2.05, 4.69) is 45.0 Å². The van der Waals surface area contributed by atoms with Gasteiger partial charge in [-0.3, -0.25) is 4.68 Å². The number of nitrogens with one attached hydrogen (secondary N) is 1. The average molecular weight is 304 g/mol. The molecule has 1 heterocycles. The maximum Gasteiger partial charge on any atom is 0.0834 e. The maximum atomic E-state index is 6.34. The summed E-state index contributed by atoms with van der Waals surface area (Å²) in [5, 5.41) is 9.38. The van der Waals surface area contributed by atoms with Crippen LogP contribution in [0, 0.1) is 0 Å². The van der Waals surface area contributed by atoms with Gasteiger partial charge < -0.3 is 5.32 Å². The Kier molecular flexibility index (Phi) is 7.26. The molecule has 19 heavy (non-hydrogen) atoms. The molecule has 1 aromatic heterocycles. The van der Waals surface area contributed by atoms with Crippen LogP contribution in [0.5, 0.6) is 0 Å². The van der Waals surface area contributed by atoms with Gasteiger partial charge in [0, 0.05) is 17.0 Å². The van der Waals surface area contributed by atoms with Crippen molar-refractivity contribution in [3.63, 3.8) is 0 Å². The van der Waals surface area contributed by atoms with Crippen LogP contribution in [-0.4, -0.2) is 27.3 Å². The predicted molar refractivity (Wildman–Crippen MR) is 86.3 cm³/mol. The molecule has 0 aliphatic carbocycles. The number of thioether (sulfide) groups is 1. The summed E-state index contributed by atoms with van der Waals surface area (Å²) in [6, 6.07) is 0.596. The lowest BCUT2D eigenvalue weighted by atomic mass is 10.2. The van der Waals surface area contributed by atoms with Crippen molar-refractivity contribution in [1.29, 1.82) is 0 Å². The second-order valence-electron chi connectivity index (χ2n) is 5.08. The highest BCUT2D eigenvalue weighted by atomic mass is 35.5. The number of rotatable bonds is 8.